The second-order valence-electron chi connectivity index (χ2n) is 6.99. The predicted molar refractivity (Wildman–Crippen MR) is 114 cm³/mol. The minimum atomic E-state index is 0. The SMILES string of the molecule is CCNC(=NCC(=O)N1CCc2sccc2C1)NC1CC2CCC1O2.I. The number of guanidine groups is 1. The van der Waals surface area contributed by atoms with Crippen molar-refractivity contribution in [3.8, 4) is 0 Å². The molecule has 2 bridgehead atoms. The van der Waals surface area contributed by atoms with Crippen molar-refractivity contribution in [2.75, 3.05) is 19.6 Å². The number of hydrogen-bond donors (Lipinski definition) is 2. The van der Waals surface area contributed by atoms with Crippen LogP contribution in [-0.2, 0) is 22.5 Å². The van der Waals surface area contributed by atoms with Crippen molar-refractivity contribution in [1.82, 2.24) is 15.5 Å². The summed E-state index contributed by atoms with van der Waals surface area (Å²) < 4.78 is 5.89. The average Bonchev–Trinajstić information content (AvgIpc) is 3.35. The van der Waals surface area contributed by atoms with Crippen molar-refractivity contribution < 1.29 is 9.53 Å². The highest BCUT2D eigenvalue weighted by atomic mass is 127. The van der Waals surface area contributed by atoms with Crippen LogP contribution in [-0.4, -0.2) is 54.7 Å². The van der Waals surface area contributed by atoms with Crippen molar-refractivity contribution in [2.24, 2.45) is 4.99 Å². The Bertz CT molecular complexity index is 665. The lowest BCUT2D eigenvalue weighted by molar-refractivity contribution is -0.130. The van der Waals surface area contributed by atoms with Crippen LogP contribution in [0.2, 0.25) is 0 Å². The standard InChI is InChI=1S/C18H26N4O2S.HI/c1-2-19-18(21-14-9-13-3-4-15(14)24-13)20-10-17(23)22-7-5-16-12(11-22)6-8-25-16;/h6,8,13-15H,2-5,7,9-11H2,1H3,(H2,19,20,21);1H. The molecule has 8 heteroatoms. The van der Waals surface area contributed by atoms with Gasteiger partial charge in [-0.2, -0.15) is 0 Å². The van der Waals surface area contributed by atoms with Gasteiger partial charge in [0, 0.05) is 24.5 Å². The largest absolute Gasteiger partial charge is 0.373 e. The van der Waals surface area contributed by atoms with E-state index < -0.39 is 0 Å². The average molecular weight is 490 g/mol. The molecule has 0 radical (unpaired) electrons. The van der Waals surface area contributed by atoms with Crippen LogP contribution in [0.4, 0.5) is 0 Å². The van der Waals surface area contributed by atoms with Crippen LogP contribution in [0, 0.1) is 0 Å². The molecule has 2 N–H and O–H groups in total. The van der Waals surface area contributed by atoms with Gasteiger partial charge in [-0.05, 0) is 49.6 Å². The molecule has 1 aromatic heterocycles. The summed E-state index contributed by atoms with van der Waals surface area (Å²) in [5, 5.41) is 8.83. The summed E-state index contributed by atoms with van der Waals surface area (Å²) in [7, 11) is 0. The van der Waals surface area contributed by atoms with Crippen molar-refractivity contribution in [2.45, 2.75) is 57.4 Å². The number of amides is 1. The first-order chi connectivity index (χ1) is 12.2. The predicted octanol–water partition coefficient (Wildman–Crippen LogP) is 2.13. The summed E-state index contributed by atoms with van der Waals surface area (Å²) in [5.41, 5.74) is 1.29. The van der Waals surface area contributed by atoms with Crippen LogP contribution >= 0.6 is 35.3 Å². The highest BCUT2D eigenvalue weighted by Crippen LogP contribution is 2.34. The van der Waals surface area contributed by atoms with E-state index in [4.69, 9.17) is 4.74 Å². The molecular weight excluding hydrogens is 463 g/mol. The Morgan fingerprint density at radius 3 is 3.08 bits per heavy atom. The minimum Gasteiger partial charge on any atom is -0.373 e. The Labute approximate surface area is 175 Å². The first-order valence-corrected chi connectivity index (χ1v) is 10.1. The normalized spacial score (nSPS) is 27.0. The molecule has 0 aromatic carbocycles. The van der Waals surface area contributed by atoms with Crippen molar-refractivity contribution >= 4 is 47.2 Å². The number of ether oxygens (including phenoxy) is 1. The number of hydrogen-bond acceptors (Lipinski definition) is 4. The topological polar surface area (TPSA) is 66.0 Å². The first kappa shape index (κ1) is 19.9. The maximum Gasteiger partial charge on any atom is 0.244 e. The molecule has 3 aliphatic heterocycles. The molecular formula is C18H27IN4O2S. The number of thiophene rings is 1. The molecule has 3 unspecified atom stereocenters. The molecule has 6 nitrogen and oxygen atoms in total. The van der Waals surface area contributed by atoms with Gasteiger partial charge in [-0.15, -0.1) is 35.3 Å². The number of carbonyl (C=O) groups is 1. The van der Waals surface area contributed by atoms with E-state index in [9.17, 15) is 4.79 Å². The Kier molecular flexibility index (Phi) is 6.79. The second kappa shape index (κ2) is 8.88. The third-order valence-corrected chi connectivity index (χ3v) is 6.33. The number of nitrogens with zero attached hydrogens (tertiary/aromatic N) is 2. The number of rotatable bonds is 4. The van der Waals surface area contributed by atoms with Crippen LogP contribution in [0.25, 0.3) is 0 Å². The first-order valence-electron chi connectivity index (χ1n) is 9.26. The Morgan fingerprint density at radius 2 is 2.35 bits per heavy atom. The summed E-state index contributed by atoms with van der Waals surface area (Å²) in [4.78, 5) is 20.4. The Balaban J connectivity index is 0.00000196. The lowest BCUT2D eigenvalue weighted by Crippen LogP contribution is -2.48. The molecule has 144 valence electrons. The van der Waals surface area contributed by atoms with Crippen LogP contribution in [0.15, 0.2) is 16.4 Å². The minimum absolute atomic E-state index is 0. The monoisotopic (exact) mass is 490 g/mol. The van der Waals surface area contributed by atoms with E-state index in [-0.39, 0.29) is 36.4 Å². The smallest absolute Gasteiger partial charge is 0.244 e. The maximum atomic E-state index is 12.5. The molecule has 0 spiro atoms. The molecule has 4 heterocycles. The van der Waals surface area contributed by atoms with Crippen LogP contribution < -0.4 is 10.6 Å². The van der Waals surface area contributed by atoms with Gasteiger partial charge in [-0.25, -0.2) is 4.99 Å². The second-order valence-corrected chi connectivity index (χ2v) is 7.99. The fourth-order valence-electron chi connectivity index (χ4n) is 3.99. The van der Waals surface area contributed by atoms with E-state index in [0.717, 1.165) is 44.9 Å². The maximum absolute atomic E-state index is 12.5. The van der Waals surface area contributed by atoms with Gasteiger partial charge in [0.2, 0.25) is 5.91 Å². The molecule has 1 amide bonds. The number of halogens is 1. The highest BCUT2D eigenvalue weighted by molar-refractivity contribution is 14.0. The van der Waals surface area contributed by atoms with Gasteiger partial charge in [0.15, 0.2) is 5.96 Å². The molecule has 2 saturated heterocycles. The fraction of sp³-hybridized carbons (Fsp3) is 0.667. The lowest BCUT2D eigenvalue weighted by atomic mass is 9.96. The zero-order valence-corrected chi connectivity index (χ0v) is 18.2. The molecule has 3 atom stereocenters. The van der Waals surface area contributed by atoms with E-state index in [1.807, 2.05) is 11.8 Å². The Morgan fingerprint density at radius 1 is 1.46 bits per heavy atom. The fourth-order valence-corrected chi connectivity index (χ4v) is 4.88. The number of carbonyl (C=O) groups excluding carboxylic acids is 1. The van der Waals surface area contributed by atoms with Gasteiger partial charge < -0.3 is 20.3 Å². The summed E-state index contributed by atoms with van der Waals surface area (Å²) in [5.74, 6) is 0.823. The van der Waals surface area contributed by atoms with E-state index in [0.29, 0.717) is 18.2 Å². The van der Waals surface area contributed by atoms with Crippen molar-refractivity contribution in [1.29, 1.82) is 0 Å². The van der Waals surface area contributed by atoms with E-state index >= 15 is 0 Å². The molecule has 3 aliphatic rings. The summed E-state index contributed by atoms with van der Waals surface area (Å²) in [6, 6.07) is 2.44. The van der Waals surface area contributed by atoms with Gasteiger partial charge in [-0.1, -0.05) is 0 Å². The van der Waals surface area contributed by atoms with Crippen LogP contribution in [0.3, 0.4) is 0 Å². The summed E-state index contributed by atoms with van der Waals surface area (Å²) in [6.07, 6.45) is 4.99. The number of fused-ring (bicyclic) bond motifs is 3. The molecule has 26 heavy (non-hydrogen) atoms. The lowest BCUT2D eigenvalue weighted by Gasteiger charge is -2.27. The zero-order chi connectivity index (χ0) is 17.2. The quantitative estimate of drug-likeness (QED) is 0.386. The number of aliphatic imine (C=N–C) groups is 1. The zero-order valence-electron chi connectivity index (χ0n) is 15.1. The molecule has 1 aromatic rings. The van der Waals surface area contributed by atoms with Gasteiger partial charge in [0.05, 0.1) is 18.2 Å². The molecule has 0 saturated carbocycles. The van der Waals surface area contributed by atoms with Gasteiger partial charge in [0.1, 0.15) is 6.54 Å². The van der Waals surface area contributed by atoms with Gasteiger partial charge >= 0.3 is 0 Å². The van der Waals surface area contributed by atoms with Crippen molar-refractivity contribution in [3.05, 3.63) is 21.9 Å². The van der Waals surface area contributed by atoms with Crippen LogP contribution in [0.5, 0.6) is 0 Å². The van der Waals surface area contributed by atoms with E-state index in [1.165, 1.54) is 16.9 Å². The molecule has 2 fully saturated rings. The van der Waals surface area contributed by atoms with Gasteiger partial charge in [-0.3, -0.25) is 4.79 Å². The third-order valence-electron chi connectivity index (χ3n) is 5.31. The number of nitrogens with one attached hydrogen (secondary N) is 2. The summed E-state index contributed by atoms with van der Waals surface area (Å²) >= 11 is 1.79. The van der Waals surface area contributed by atoms with Gasteiger partial charge in [0.25, 0.3) is 0 Å². The molecule has 0 aliphatic carbocycles. The molecule has 4 rings (SSSR count). The van der Waals surface area contributed by atoms with E-state index in [2.05, 4.69) is 27.1 Å². The highest BCUT2D eigenvalue weighted by Gasteiger charge is 2.41. The Hall–Kier alpha value is -0.870. The summed E-state index contributed by atoms with van der Waals surface area (Å²) in [6.45, 7) is 4.53. The third kappa shape index (κ3) is 4.33. The van der Waals surface area contributed by atoms with E-state index in [1.54, 1.807) is 11.3 Å². The van der Waals surface area contributed by atoms with Crippen molar-refractivity contribution in [3.63, 3.8) is 0 Å². The van der Waals surface area contributed by atoms with Crippen LogP contribution in [0.1, 0.15) is 36.6 Å².